The molecule has 0 spiro atoms. The van der Waals surface area contributed by atoms with Crippen molar-refractivity contribution in [2.75, 3.05) is 7.05 Å². The predicted molar refractivity (Wildman–Crippen MR) is 90.6 cm³/mol. The molecule has 2 aromatic rings. The molecule has 110 valence electrons. The largest absolute Gasteiger partial charge is 0.242 e. The average Bonchev–Trinajstić information content (AvgIpc) is 2.73. The number of hydrogen-bond acceptors (Lipinski definition) is 2. The monoisotopic (exact) mass is 309 g/mol. The van der Waals surface area contributed by atoms with Crippen molar-refractivity contribution in [1.29, 1.82) is 0 Å². The molecule has 0 radical (unpaired) electrons. The van der Waals surface area contributed by atoms with Crippen molar-refractivity contribution in [2.45, 2.75) is 45.4 Å². The van der Waals surface area contributed by atoms with Crippen LogP contribution in [0.4, 0.5) is 0 Å². The van der Waals surface area contributed by atoms with Crippen molar-refractivity contribution >= 4 is 32.4 Å². The van der Waals surface area contributed by atoms with E-state index in [4.69, 9.17) is 0 Å². The highest BCUT2D eigenvalue weighted by Gasteiger charge is 2.29. The Hall–Kier alpha value is -0.710. The van der Waals surface area contributed by atoms with E-state index in [1.807, 2.05) is 43.5 Å². The van der Waals surface area contributed by atoms with Crippen LogP contribution in [0.3, 0.4) is 0 Å². The third kappa shape index (κ3) is 2.83. The summed E-state index contributed by atoms with van der Waals surface area (Å²) in [7, 11) is 0.952. The van der Waals surface area contributed by atoms with Crippen LogP contribution in [0.15, 0.2) is 24.3 Å². The molecule has 0 aliphatic heterocycles. The third-order valence-corrected chi connectivity index (χ3v) is 6.92. The molecular weight excluding hydrogens is 286 g/mol. The highest BCUT2D eigenvalue weighted by atomic mass is 32.2. The first-order valence-electron chi connectivity index (χ1n) is 6.86. The third-order valence-electron chi connectivity index (χ3n) is 3.59. The van der Waals surface area contributed by atoms with Crippen molar-refractivity contribution in [1.82, 2.24) is 4.31 Å². The Balaban J connectivity index is 2.39. The highest BCUT2D eigenvalue weighted by Crippen LogP contribution is 2.37. The minimum absolute atomic E-state index is 0.160. The number of nitrogens with zero attached hydrogens (tertiary/aromatic N) is 1. The second kappa shape index (κ2) is 5.58. The molecule has 0 amide bonds. The van der Waals surface area contributed by atoms with Gasteiger partial charge in [0.2, 0.25) is 0 Å². The van der Waals surface area contributed by atoms with Crippen molar-refractivity contribution in [3.8, 4) is 0 Å². The van der Waals surface area contributed by atoms with E-state index in [0.717, 1.165) is 0 Å². The molecule has 0 aliphatic carbocycles. The molecule has 0 saturated carbocycles. The van der Waals surface area contributed by atoms with Gasteiger partial charge in [0.1, 0.15) is 11.0 Å². The zero-order valence-electron chi connectivity index (χ0n) is 13.1. The van der Waals surface area contributed by atoms with Crippen LogP contribution in [-0.2, 0) is 11.0 Å². The van der Waals surface area contributed by atoms with Crippen LogP contribution in [0.5, 0.6) is 0 Å². The van der Waals surface area contributed by atoms with E-state index >= 15 is 0 Å². The maximum absolute atomic E-state index is 12.5. The molecule has 4 heteroatoms. The summed E-state index contributed by atoms with van der Waals surface area (Å²) in [6, 6.07) is 8.63. The van der Waals surface area contributed by atoms with Crippen LogP contribution in [0, 0.1) is 6.92 Å². The van der Waals surface area contributed by atoms with E-state index < -0.39 is 11.0 Å². The van der Waals surface area contributed by atoms with Gasteiger partial charge in [0, 0.05) is 16.6 Å². The predicted octanol–water partition coefficient (Wildman–Crippen LogP) is 4.66. The molecule has 0 unspecified atom stereocenters. The van der Waals surface area contributed by atoms with Gasteiger partial charge < -0.3 is 0 Å². The summed E-state index contributed by atoms with van der Waals surface area (Å²) in [5, 5.41) is 1.31. The van der Waals surface area contributed by atoms with Crippen LogP contribution in [0.25, 0.3) is 10.1 Å². The number of hydrogen-bond donors (Lipinski definition) is 0. The summed E-state index contributed by atoms with van der Waals surface area (Å²) in [5.41, 5.74) is 1.32. The molecule has 0 fully saturated rings. The lowest BCUT2D eigenvalue weighted by Gasteiger charge is -2.30. The number of aryl methyl sites for hydroxylation is 1. The normalized spacial score (nSPS) is 15.8. The summed E-state index contributed by atoms with van der Waals surface area (Å²) < 4.78 is 15.6. The number of fused-ring (bicyclic) bond motifs is 1. The Kier molecular flexibility index (Phi) is 4.38. The lowest BCUT2D eigenvalue weighted by molar-refractivity contribution is 0.421. The molecule has 0 N–H and O–H groups in total. The SMILES string of the molecule is Cc1c([C@@H](C)N(C)[S@](=O)C(C)(C)C)sc2ccccc12. The minimum atomic E-state index is -1.00. The molecule has 0 bridgehead atoms. The quantitative estimate of drug-likeness (QED) is 0.807. The maximum atomic E-state index is 12.5. The van der Waals surface area contributed by atoms with Crippen molar-refractivity contribution in [3.05, 3.63) is 34.7 Å². The summed E-state index contributed by atoms with van der Waals surface area (Å²) in [6.45, 7) is 10.4. The molecule has 2 rings (SSSR count). The van der Waals surface area contributed by atoms with Gasteiger partial charge in [0.25, 0.3) is 0 Å². The lowest BCUT2D eigenvalue weighted by atomic mass is 10.1. The van der Waals surface area contributed by atoms with Gasteiger partial charge in [-0.25, -0.2) is 8.51 Å². The van der Waals surface area contributed by atoms with E-state index in [2.05, 4.69) is 38.1 Å². The van der Waals surface area contributed by atoms with Gasteiger partial charge in [-0.15, -0.1) is 11.3 Å². The Morgan fingerprint density at radius 1 is 1.25 bits per heavy atom. The van der Waals surface area contributed by atoms with Crippen LogP contribution in [0.1, 0.15) is 44.2 Å². The fourth-order valence-corrected chi connectivity index (χ4v) is 4.96. The van der Waals surface area contributed by atoms with E-state index in [1.54, 1.807) is 0 Å². The molecule has 0 aliphatic rings. The van der Waals surface area contributed by atoms with Crippen molar-refractivity contribution < 1.29 is 4.21 Å². The van der Waals surface area contributed by atoms with Gasteiger partial charge in [-0.1, -0.05) is 18.2 Å². The Labute approximate surface area is 128 Å². The first-order chi connectivity index (χ1) is 9.23. The average molecular weight is 310 g/mol. The maximum Gasteiger partial charge on any atom is 0.100 e. The van der Waals surface area contributed by atoms with Gasteiger partial charge in [-0.05, 0) is 51.6 Å². The van der Waals surface area contributed by atoms with Crippen LogP contribution < -0.4 is 0 Å². The van der Waals surface area contributed by atoms with Gasteiger partial charge in [-0.3, -0.25) is 0 Å². The van der Waals surface area contributed by atoms with Crippen molar-refractivity contribution in [2.24, 2.45) is 0 Å². The van der Waals surface area contributed by atoms with Crippen molar-refractivity contribution in [3.63, 3.8) is 0 Å². The highest BCUT2D eigenvalue weighted by molar-refractivity contribution is 7.84. The number of rotatable bonds is 3. The first-order valence-corrected chi connectivity index (χ1v) is 8.78. The minimum Gasteiger partial charge on any atom is -0.242 e. The zero-order valence-corrected chi connectivity index (χ0v) is 14.7. The molecular formula is C16H23NOS2. The van der Waals surface area contributed by atoms with Crippen LogP contribution in [-0.4, -0.2) is 20.3 Å². The Bertz CT molecular complexity index is 639. The second-order valence-corrected chi connectivity index (χ2v) is 9.55. The molecule has 1 aromatic heterocycles. The number of benzene rings is 1. The number of thiophene rings is 1. The van der Waals surface area contributed by atoms with E-state index in [1.165, 1.54) is 20.5 Å². The second-order valence-electron chi connectivity index (χ2n) is 6.17. The summed E-state index contributed by atoms with van der Waals surface area (Å²) in [5.74, 6) is 0. The summed E-state index contributed by atoms with van der Waals surface area (Å²) in [6.07, 6.45) is 0. The summed E-state index contributed by atoms with van der Waals surface area (Å²) in [4.78, 5) is 1.31. The van der Waals surface area contributed by atoms with Gasteiger partial charge in [0.05, 0.1) is 10.8 Å². The Morgan fingerprint density at radius 2 is 1.85 bits per heavy atom. The fraction of sp³-hybridized carbons (Fsp3) is 0.500. The molecule has 20 heavy (non-hydrogen) atoms. The van der Waals surface area contributed by atoms with Gasteiger partial charge >= 0.3 is 0 Å². The van der Waals surface area contributed by atoms with E-state index in [0.29, 0.717) is 0 Å². The topological polar surface area (TPSA) is 20.3 Å². The van der Waals surface area contributed by atoms with Gasteiger partial charge in [-0.2, -0.15) is 0 Å². The van der Waals surface area contributed by atoms with Gasteiger partial charge in [0.15, 0.2) is 0 Å². The molecule has 1 aromatic carbocycles. The zero-order chi connectivity index (χ0) is 15.1. The van der Waals surface area contributed by atoms with Crippen LogP contribution in [0.2, 0.25) is 0 Å². The molecule has 0 saturated heterocycles. The molecule has 2 nitrogen and oxygen atoms in total. The first kappa shape index (κ1) is 15.7. The lowest BCUT2D eigenvalue weighted by Crippen LogP contribution is -2.36. The molecule has 2 atom stereocenters. The fourth-order valence-electron chi connectivity index (χ4n) is 2.33. The standard InChI is InChI=1S/C16H23NOS2/c1-11-13-9-7-8-10-14(13)19-15(11)12(2)17(6)20(18)16(3,4)5/h7-10,12H,1-6H3/t12-,20-/m1/s1. The molecule has 1 heterocycles. The van der Waals surface area contributed by atoms with E-state index in [-0.39, 0.29) is 10.8 Å². The van der Waals surface area contributed by atoms with Crippen LogP contribution >= 0.6 is 11.3 Å². The smallest absolute Gasteiger partial charge is 0.100 e. The Morgan fingerprint density at radius 3 is 2.40 bits per heavy atom. The summed E-state index contributed by atoms with van der Waals surface area (Å²) >= 11 is 1.81. The van der Waals surface area contributed by atoms with E-state index in [9.17, 15) is 4.21 Å².